The van der Waals surface area contributed by atoms with Gasteiger partial charge in [0.15, 0.2) is 0 Å². The van der Waals surface area contributed by atoms with Crippen molar-refractivity contribution in [2.45, 2.75) is 6.92 Å². The maximum Gasteiger partial charge on any atom is 0.334 e. The summed E-state index contributed by atoms with van der Waals surface area (Å²) in [4.78, 5) is 26.6. The fourth-order valence-corrected chi connectivity index (χ4v) is 1.92. The second-order valence-electron chi connectivity index (χ2n) is 4.08. The van der Waals surface area contributed by atoms with E-state index in [0.717, 1.165) is 4.57 Å². The van der Waals surface area contributed by atoms with Crippen molar-refractivity contribution in [3.63, 3.8) is 0 Å². The number of rotatable bonds is 3. The highest BCUT2D eigenvalue weighted by molar-refractivity contribution is 6.30. The fourth-order valence-electron chi connectivity index (χ4n) is 1.75. The van der Waals surface area contributed by atoms with E-state index >= 15 is 0 Å². The summed E-state index contributed by atoms with van der Waals surface area (Å²) >= 11 is 5.78. The van der Waals surface area contributed by atoms with Crippen LogP contribution in [0.3, 0.4) is 0 Å². The Morgan fingerprint density at radius 3 is 2.15 bits per heavy atom. The van der Waals surface area contributed by atoms with Gasteiger partial charge >= 0.3 is 5.69 Å². The lowest BCUT2D eigenvalue weighted by Crippen LogP contribution is -2.35. The summed E-state index contributed by atoms with van der Waals surface area (Å²) < 4.78 is 11.2. The first kappa shape index (κ1) is 14.2. The maximum absolute atomic E-state index is 12.2. The third-order valence-electron chi connectivity index (χ3n) is 2.87. The van der Waals surface area contributed by atoms with E-state index < -0.39 is 11.2 Å². The molecule has 106 valence electrons. The summed E-state index contributed by atoms with van der Waals surface area (Å²) in [7, 11) is 2.97. The molecule has 7 heteroatoms. The minimum Gasteiger partial charge on any atom is -0.497 e. The highest BCUT2D eigenvalue weighted by Gasteiger charge is 2.12. The molecule has 1 aromatic carbocycles. The third kappa shape index (κ3) is 2.42. The molecule has 20 heavy (non-hydrogen) atoms. The van der Waals surface area contributed by atoms with Crippen molar-refractivity contribution in [1.29, 1.82) is 0 Å². The Morgan fingerprint density at radius 2 is 1.65 bits per heavy atom. The lowest BCUT2D eigenvalue weighted by Gasteiger charge is -2.10. The molecule has 0 aliphatic heterocycles. The van der Waals surface area contributed by atoms with Crippen LogP contribution >= 0.6 is 11.6 Å². The number of methoxy groups -OCH3 is 2. The van der Waals surface area contributed by atoms with E-state index in [4.69, 9.17) is 21.1 Å². The van der Waals surface area contributed by atoms with Gasteiger partial charge in [0.2, 0.25) is 0 Å². The predicted molar refractivity (Wildman–Crippen MR) is 75.5 cm³/mol. The quantitative estimate of drug-likeness (QED) is 0.871. The molecule has 0 bridgehead atoms. The first-order valence-corrected chi connectivity index (χ1v) is 6.10. The minimum absolute atomic E-state index is 0.0334. The highest BCUT2D eigenvalue weighted by atomic mass is 35.5. The van der Waals surface area contributed by atoms with Crippen molar-refractivity contribution in [2.24, 2.45) is 0 Å². The first-order valence-electron chi connectivity index (χ1n) is 5.72. The zero-order chi connectivity index (χ0) is 14.9. The zero-order valence-electron chi connectivity index (χ0n) is 11.2. The Labute approximate surface area is 119 Å². The molecule has 0 saturated carbocycles. The smallest absolute Gasteiger partial charge is 0.334 e. The summed E-state index contributed by atoms with van der Waals surface area (Å²) in [5.74, 6) is 0.941. The molecule has 2 rings (SSSR count). The Bertz CT molecular complexity index is 742. The van der Waals surface area contributed by atoms with Gasteiger partial charge in [-0.1, -0.05) is 11.6 Å². The molecule has 0 aliphatic carbocycles. The Kier molecular flexibility index (Phi) is 3.85. The largest absolute Gasteiger partial charge is 0.497 e. The van der Waals surface area contributed by atoms with Crippen LogP contribution in [-0.4, -0.2) is 23.8 Å². The molecule has 1 N–H and O–H groups in total. The highest BCUT2D eigenvalue weighted by Crippen LogP contribution is 2.23. The number of ether oxygens (including phenoxy) is 2. The minimum atomic E-state index is -0.624. The van der Waals surface area contributed by atoms with Crippen LogP contribution in [0.2, 0.25) is 5.15 Å². The summed E-state index contributed by atoms with van der Waals surface area (Å²) in [6.07, 6.45) is 0. The van der Waals surface area contributed by atoms with Gasteiger partial charge < -0.3 is 9.47 Å². The van der Waals surface area contributed by atoms with Gasteiger partial charge in [0.25, 0.3) is 5.56 Å². The van der Waals surface area contributed by atoms with Gasteiger partial charge in [0, 0.05) is 18.2 Å². The van der Waals surface area contributed by atoms with E-state index in [2.05, 4.69) is 4.98 Å². The molecule has 0 spiro atoms. The van der Waals surface area contributed by atoms with Crippen LogP contribution in [0.5, 0.6) is 11.5 Å². The van der Waals surface area contributed by atoms with Crippen LogP contribution in [0, 0.1) is 6.92 Å². The average molecular weight is 297 g/mol. The summed E-state index contributed by atoms with van der Waals surface area (Å²) in [6.45, 7) is 1.54. The second-order valence-corrected chi connectivity index (χ2v) is 4.46. The molecular formula is C13H13ClN2O4. The molecule has 0 radical (unpaired) electrons. The summed E-state index contributed by atoms with van der Waals surface area (Å²) in [5, 5.41) is 0.0334. The van der Waals surface area contributed by atoms with Crippen LogP contribution in [0.1, 0.15) is 5.56 Å². The van der Waals surface area contributed by atoms with Gasteiger partial charge in [-0.25, -0.2) is 9.36 Å². The van der Waals surface area contributed by atoms with Gasteiger partial charge in [-0.3, -0.25) is 9.78 Å². The molecule has 0 amide bonds. The third-order valence-corrected chi connectivity index (χ3v) is 3.25. The number of nitrogens with one attached hydrogen (secondary N) is 1. The molecule has 0 unspecified atom stereocenters. The van der Waals surface area contributed by atoms with Crippen molar-refractivity contribution >= 4 is 11.6 Å². The number of H-pyrrole nitrogens is 1. The Morgan fingerprint density at radius 1 is 1.10 bits per heavy atom. The van der Waals surface area contributed by atoms with Crippen molar-refractivity contribution in [3.05, 3.63) is 49.8 Å². The topological polar surface area (TPSA) is 73.3 Å². The molecule has 0 fully saturated rings. The number of hydrogen-bond acceptors (Lipinski definition) is 4. The molecular weight excluding hydrogens is 284 g/mol. The van der Waals surface area contributed by atoms with Crippen LogP contribution < -0.4 is 20.7 Å². The van der Waals surface area contributed by atoms with Crippen molar-refractivity contribution < 1.29 is 9.47 Å². The van der Waals surface area contributed by atoms with Gasteiger partial charge in [-0.2, -0.15) is 0 Å². The van der Waals surface area contributed by atoms with E-state index in [1.165, 1.54) is 21.1 Å². The number of benzene rings is 1. The molecule has 0 atom stereocenters. The van der Waals surface area contributed by atoms with Gasteiger partial charge in [0.05, 0.1) is 25.5 Å². The van der Waals surface area contributed by atoms with Crippen molar-refractivity contribution in [1.82, 2.24) is 9.55 Å². The van der Waals surface area contributed by atoms with Crippen molar-refractivity contribution in [3.8, 4) is 17.2 Å². The van der Waals surface area contributed by atoms with Crippen LogP contribution in [-0.2, 0) is 0 Å². The molecule has 0 saturated heterocycles. The van der Waals surface area contributed by atoms with Gasteiger partial charge in [0.1, 0.15) is 16.7 Å². The summed E-state index contributed by atoms with van der Waals surface area (Å²) in [6, 6.07) is 4.77. The van der Waals surface area contributed by atoms with E-state index in [1.54, 1.807) is 18.2 Å². The number of aromatic amines is 1. The first-order chi connectivity index (χ1) is 9.47. The zero-order valence-corrected chi connectivity index (χ0v) is 11.9. The second kappa shape index (κ2) is 5.42. The number of nitrogens with zero attached hydrogens (tertiary/aromatic N) is 1. The number of hydrogen-bond donors (Lipinski definition) is 1. The SMILES string of the molecule is COc1cc(OC)cc(-n2c(=O)[nH]c(Cl)c(C)c2=O)c1. The van der Waals surface area contributed by atoms with E-state index in [1.807, 2.05) is 0 Å². The van der Waals surface area contributed by atoms with E-state index in [0.29, 0.717) is 17.2 Å². The fraction of sp³-hybridized carbons (Fsp3) is 0.231. The molecule has 6 nitrogen and oxygen atoms in total. The predicted octanol–water partition coefficient (Wildman–Crippen LogP) is 1.50. The standard InChI is InChI=1S/C13H13ClN2O4/c1-7-11(14)15-13(18)16(12(7)17)8-4-9(19-2)6-10(5-8)20-3/h4-6H,1-3H3,(H,15,18). The number of halogens is 1. The molecule has 2 aromatic rings. The lowest BCUT2D eigenvalue weighted by atomic mass is 10.2. The monoisotopic (exact) mass is 296 g/mol. The Hall–Kier alpha value is -2.21. The van der Waals surface area contributed by atoms with Crippen LogP contribution in [0.15, 0.2) is 27.8 Å². The van der Waals surface area contributed by atoms with E-state index in [-0.39, 0.29) is 10.7 Å². The lowest BCUT2D eigenvalue weighted by molar-refractivity contribution is 0.394. The average Bonchev–Trinajstić information content (AvgIpc) is 2.44. The number of aromatic nitrogens is 2. The van der Waals surface area contributed by atoms with Crippen molar-refractivity contribution in [2.75, 3.05) is 14.2 Å². The molecule has 0 aliphatic rings. The van der Waals surface area contributed by atoms with Crippen LogP contribution in [0.25, 0.3) is 5.69 Å². The molecule has 1 heterocycles. The maximum atomic E-state index is 12.2. The van der Waals surface area contributed by atoms with E-state index in [9.17, 15) is 9.59 Å². The summed E-state index contributed by atoms with van der Waals surface area (Å²) in [5.41, 5.74) is -0.518. The molecule has 1 aromatic heterocycles. The van der Waals surface area contributed by atoms with Crippen LogP contribution in [0.4, 0.5) is 0 Å². The Balaban J connectivity index is 2.78. The van der Waals surface area contributed by atoms with Gasteiger partial charge in [-0.05, 0) is 6.92 Å². The van der Waals surface area contributed by atoms with Gasteiger partial charge in [-0.15, -0.1) is 0 Å². The normalized spacial score (nSPS) is 10.4.